The average Bonchev–Trinajstić information content (AvgIpc) is 3.16. The summed E-state index contributed by atoms with van der Waals surface area (Å²) in [6.07, 6.45) is 1.50. The van der Waals surface area contributed by atoms with Crippen LogP contribution in [-0.4, -0.2) is 14.5 Å². The van der Waals surface area contributed by atoms with E-state index in [2.05, 4.69) is 9.97 Å². The van der Waals surface area contributed by atoms with Gasteiger partial charge in [0, 0.05) is 5.69 Å². The van der Waals surface area contributed by atoms with Gasteiger partial charge in [-0.25, -0.2) is 9.97 Å². The predicted octanol–water partition coefficient (Wildman–Crippen LogP) is 4.90. The molecule has 0 aliphatic heterocycles. The highest BCUT2D eigenvalue weighted by atomic mass is 35.5. The number of benzene rings is 2. The molecule has 0 bridgehead atoms. The number of ether oxygens (including phenoxy) is 1. The summed E-state index contributed by atoms with van der Waals surface area (Å²) in [5, 5.41) is 0.750. The van der Waals surface area contributed by atoms with Crippen LogP contribution in [0.15, 0.2) is 59.1 Å². The SMILES string of the molecule is Clc1cnc(Cl)n1-c1ccc(OCc2nc3ccccc3o2)cc1. The molecule has 0 aliphatic carbocycles. The minimum absolute atomic E-state index is 0.251. The molecule has 0 unspecified atom stereocenters. The molecule has 5 nitrogen and oxygen atoms in total. The third-order valence-corrected chi connectivity index (χ3v) is 4.00. The number of rotatable bonds is 4. The number of nitrogens with zero attached hydrogens (tertiary/aromatic N) is 3. The number of hydrogen-bond acceptors (Lipinski definition) is 4. The lowest BCUT2D eigenvalue weighted by Gasteiger charge is -2.07. The Balaban J connectivity index is 1.49. The van der Waals surface area contributed by atoms with E-state index in [0.717, 1.165) is 16.8 Å². The molecule has 4 rings (SSSR count). The molecule has 0 saturated carbocycles. The van der Waals surface area contributed by atoms with Gasteiger partial charge in [-0.3, -0.25) is 4.57 Å². The van der Waals surface area contributed by atoms with Crippen molar-refractivity contribution in [3.63, 3.8) is 0 Å². The van der Waals surface area contributed by atoms with Crippen LogP contribution in [0.1, 0.15) is 5.89 Å². The minimum atomic E-state index is 0.251. The lowest BCUT2D eigenvalue weighted by atomic mass is 10.3. The predicted molar refractivity (Wildman–Crippen MR) is 91.9 cm³/mol. The average molecular weight is 360 g/mol. The van der Waals surface area contributed by atoms with E-state index in [4.69, 9.17) is 32.4 Å². The van der Waals surface area contributed by atoms with Crippen molar-refractivity contribution in [2.75, 3.05) is 0 Å². The summed E-state index contributed by atoms with van der Waals surface area (Å²) in [6.45, 7) is 0.251. The lowest BCUT2D eigenvalue weighted by Crippen LogP contribution is -1.97. The number of hydrogen-bond donors (Lipinski definition) is 0. The zero-order valence-corrected chi connectivity index (χ0v) is 13.8. The maximum absolute atomic E-state index is 6.06. The number of oxazole rings is 1. The molecule has 0 aliphatic rings. The molecule has 0 amide bonds. The monoisotopic (exact) mass is 359 g/mol. The molecule has 2 aromatic carbocycles. The van der Waals surface area contributed by atoms with Gasteiger partial charge < -0.3 is 9.15 Å². The molecule has 2 heterocycles. The van der Waals surface area contributed by atoms with E-state index >= 15 is 0 Å². The van der Waals surface area contributed by atoms with Crippen LogP contribution >= 0.6 is 23.2 Å². The van der Waals surface area contributed by atoms with Crippen LogP contribution in [-0.2, 0) is 6.61 Å². The molecule has 0 radical (unpaired) electrons. The first-order valence-electron chi connectivity index (χ1n) is 7.17. The van der Waals surface area contributed by atoms with Crippen molar-refractivity contribution in [3.8, 4) is 11.4 Å². The van der Waals surface area contributed by atoms with E-state index in [1.165, 1.54) is 6.20 Å². The number of halogens is 2. The Morgan fingerprint density at radius 1 is 1.04 bits per heavy atom. The summed E-state index contributed by atoms with van der Waals surface area (Å²) in [7, 11) is 0. The van der Waals surface area contributed by atoms with Gasteiger partial charge in [-0.1, -0.05) is 23.7 Å². The van der Waals surface area contributed by atoms with E-state index < -0.39 is 0 Å². The van der Waals surface area contributed by atoms with Crippen molar-refractivity contribution >= 4 is 34.3 Å². The summed E-state index contributed by atoms with van der Waals surface area (Å²) in [4.78, 5) is 8.33. The highest BCUT2D eigenvalue weighted by Gasteiger charge is 2.09. The van der Waals surface area contributed by atoms with Crippen molar-refractivity contribution in [2.45, 2.75) is 6.61 Å². The summed E-state index contributed by atoms with van der Waals surface area (Å²) < 4.78 is 13.0. The van der Waals surface area contributed by atoms with Gasteiger partial charge in [0.25, 0.3) is 0 Å². The maximum atomic E-state index is 6.06. The van der Waals surface area contributed by atoms with Crippen LogP contribution in [0.5, 0.6) is 5.75 Å². The smallest absolute Gasteiger partial charge is 0.233 e. The van der Waals surface area contributed by atoms with E-state index in [9.17, 15) is 0 Å². The van der Waals surface area contributed by atoms with Gasteiger partial charge in [-0.05, 0) is 48.0 Å². The van der Waals surface area contributed by atoms with Crippen LogP contribution in [0, 0.1) is 0 Å². The van der Waals surface area contributed by atoms with Gasteiger partial charge in [-0.2, -0.15) is 0 Å². The van der Waals surface area contributed by atoms with Crippen LogP contribution in [0.2, 0.25) is 10.4 Å². The second-order valence-electron chi connectivity index (χ2n) is 5.04. The number of para-hydroxylation sites is 2. The molecular formula is C17H11Cl2N3O2. The fraction of sp³-hybridized carbons (Fsp3) is 0.0588. The van der Waals surface area contributed by atoms with Gasteiger partial charge in [0.1, 0.15) is 16.4 Å². The first kappa shape index (κ1) is 15.1. The Bertz CT molecular complexity index is 940. The van der Waals surface area contributed by atoms with Gasteiger partial charge in [0.15, 0.2) is 12.2 Å². The van der Waals surface area contributed by atoms with Gasteiger partial charge >= 0.3 is 0 Å². The molecule has 0 N–H and O–H groups in total. The topological polar surface area (TPSA) is 53.1 Å². The summed E-state index contributed by atoms with van der Waals surface area (Å²) >= 11 is 12.1. The highest BCUT2D eigenvalue weighted by molar-refractivity contribution is 6.32. The maximum Gasteiger partial charge on any atom is 0.233 e. The largest absolute Gasteiger partial charge is 0.484 e. The first-order chi connectivity index (χ1) is 11.7. The number of imidazole rings is 1. The van der Waals surface area contributed by atoms with Crippen molar-refractivity contribution in [1.82, 2.24) is 14.5 Å². The Hall–Kier alpha value is -2.50. The van der Waals surface area contributed by atoms with E-state index in [0.29, 0.717) is 22.1 Å². The second kappa shape index (κ2) is 6.19. The zero-order valence-electron chi connectivity index (χ0n) is 12.3. The molecule has 0 atom stereocenters. The Labute approximate surface area is 147 Å². The number of aromatic nitrogens is 3. The van der Waals surface area contributed by atoms with Crippen LogP contribution in [0.25, 0.3) is 16.8 Å². The van der Waals surface area contributed by atoms with E-state index in [1.54, 1.807) is 4.57 Å². The van der Waals surface area contributed by atoms with E-state index in [-0.39, 0.29) is 6.61 Å². The normalized spacial score (nSPS) is 11.1. The van der Waals surface area contributed by atoms with Crippen molar-refractivity contribution in [1.29, 1.82) is 0 Å². The minimum Gasteiger partial charge on any atom is -0.484 e. The third kappa shape index (κ3) is 2.84. The Morgan fingerprint density at radius 2 is 1.83 bits per heavy atom. The van der Waals surface area contributed by atoms with Gasteiger partial charge in [0.2, 0.25) is 11.2 Å². The molecule has 2 aromatic heterocycles. The van der Waals surface area contributed by atoms with Crippen molar-refractivity contribution < 1.29 is 9.15 Å². The summed E-state index contributed by atoms with van der Waals surface area (Å²) in [5.74, 6) is 1.22. The quantitative estimate of drug-likeness (QED) is 0.520. The molecule has 0 fully saturated rings. The lowest BCUT2D eigenvalue weighted by molar-refractivity contribution is 0.267. The molecule has 0 spiro atoms. The third-order valence-electron chi connectivity index (χ3n) is 3.47. The molecule has 24 heavy (non-hydrogen) atoms. The Morgan fingerprint density at radius 3 is 2.54 bits per heavy atom. The molecule has 0 saturated heterocycles. The number of fused-ring (bicyclic) bond motifs is 1. The Kier molecular flexibility index (Phi) is 3.88. The molecular weight excluding hydrogens is 349 g/mol. The van der Waals surface area contributed by atoms with Crippen LogP contribution in [0.4, 0.5) is 0 Å². The highest BCUT2D eigenvalue weighted by Crippen LogP contribution is 2.24. The molecule has 4 aromatic rings. The van der Waals surface area contributed by atoms with Gasteiger partial charge in [-0.15, -0.1) is 0 Å². The van der Waals surface area contributed by atoms with E-state index in [1.807, 2.05) is 48.5 Å². The van der Waals surface area contributed by atoms with Crippen molar-refractivity contribution in [2.24, 2.45) is 0 Å². The standard InChI is InChI=1S/C17H11Cl2N3O2/c18-15-9-20-17(19)22(15)11-5-7-12(8-6-11)23-10-16-21-13-3-1-2-4-14(13)24-16/h1-9H,10H2. The first-order valence-corrected chi connectivity index (χ1v) is 7.93. The fourth-order valence-corrected chi connectivity index (χ4v) is 2.87. The zero-order chi connectivity index (χ0) is 16.5. The molecule has 7 heteroatoms. The molecule has 120 valence electrons. The van der Waals surface area contributed by atoms with Crippen LogP contribution < -0.4 is 4.74 Å². The van der Waals surface area contributed by atoms with Crippen LogP contribution in [0.3, 0.4) is 0 Å². The fourth-order valence-electron chi connectivity index (χ4n) is 2.36. The summed E-state index contributed by atoms with van der Waals surface area (Å²) in [5.41, 5.74) is 2.36. The second-order valence-corrected chi connectivity index (χ2v) is 5.77. The van der Waals surface area contributed by atoms with Crippen molar-refractivity contribution in [3.05, 3.63) is 71.1 Å². The van der Waals surface area contributed by atoms with Gasteiger partial charge in [0.05, 0.1) is 6.20 Å². The summed E-state index contributed by atoms with van der Waals surface area (Å²) in [6, 6.07) is 14.9.